The van der Waals surface area contributed by atoms with E-state index >= 15 is 0 Å². The van der Waals surface area contributed by atoms with E-state index in [2.05, 4.69) is 5.32 Å². The van der Waals surface area contributed by atoms with Crippen molar-refractivity contribution in [3.8, 4) is 5.75 Å². The molecule has 162 valence electrons. The van der Waals surface area contributed by atoms with E-state index in [1.165, 1.54) is 4.90 Å². The van der Waals surface area contributed by atoms with Crippen LogP contribution in [0.15, 0.2) is 42.5 Å². The second-order valence-electron chi connectivity index (χ2n) is 7.77. The molecule has 0 aromatic heterocycles. The first-order valence-electron chi connectivity index (χ1n) is 10.4. The summed E-state index contributed by atoms with van der Waals surface area (Å²) in [5.74, 6) is -0.158. The van der Waals surface area contributed by atoms with Crippen molar-refractivity contribution >= 4 is 40.7 Å². The highest BCUT2D eigenvalue weighted by molar-refractivity contribution is 6.30. The Kier molecular flexibility index (Phi) is 6.13. The lowest BCUT2D eigenvalue weighted by Gasteiger charge is -2.35. The van der Waals surface area contributed by atoms with Crippen molar-refractivity contribution in [2.75, 3.05) is 29.9 Å². The van der Waals surface area contributed by atoms with Gasteiger partial charge < -0.3 is 15.0 Å². The number of carbonyl (C=O) groups is 3. The summed E-state index contributed by atoms with van der Waals surface area (Å²) >= 11 is 5.88. The molecule has 8 heteroatoms. The second-order valence-corrected chi connectivity index (χ2v) is 8.21. The highest BCUT2D eigenvalue weighted by atomic mass is 35.5. The van der Waals surface area contributed by atoms with E-state index in [0.717, 1.165) is 32.4 Å². The molecule has 31 heavy (non-hydrogen) atoms. The topological polar surface area (TPSA) is 79.0 Å². The minimum absolute atomic E-state index is 0.0475. The number of likely N-dealkylation sites (tertiary alicyclic amines) is 1. The third-order valence-corrected chi connectivity index (χ3v) is 5.79. The predicted molar refractivity (Wildman–Crippen MR) is 119 cm³/mol. The zero-order valence-corrected chi connectivity index (χ0v) is 18.0. The average Bonchev–Trinajstić information content (AvgIpc) is 2.78. The van der Waals surface area contributed by atoms with Gasteiger partial charge in [-0.3, -0.25) is 19.3 Å². The Balaban J connectivity index is 1.56. The Morgan fingerprint density at radius 1 is 1.10 bits per heavy atom. The molecule has 0 saturated carbocycles. The number of nitrogens with zero attached hydrogens (tertiary/aromatic N) is 2. The second kappa shape index (κ2) is 8.98. The third-order valence-electron chi connectivity index (χ3n) is 5.53. The zero-order chi connectivity index (χ0) is 22.0. The van der Waals surface area contributed by atoms with E-state index in [1.54, 1.807) is 49.4 Å². The third kappa shape index (κ3) is 4.66. The first-order chi connectivity index (χ1) is 14.9. The zero-order valence-electron chi connectivity index (χ0n) is 17.3. The first kappa shape index (κ1) is 21.2. The van der Waals surface area contributed by atoms with Crippen LogP contribution in [0.3, 0.4) is 0 Å². The maximum absolute atomic E-state index is 12.8. The van der Waals surface area contributed by atoms with Gasteiger partial charge in [0.05, 0.1) is 5.69 Å². The number of amides is 3. The van der Waals surface area contributed by atoms with E-state index in [0.29, 0.717) is 27.7 Å². The quantitative estimate of drug-likeness (QED) is 0.784. The fraction of sp³-hybridized carbons (Fsp3) is 0.348. The van der Waals surface area contributed by atoms with Gasteiger partial charge in [0.2, 0.25) is 5.91 Å². The molecule has 2 aromatic rings. The Labute approximate surface area is 185 Å². The number of rotatable bonds is 4. The Morgan fingerprint density at radius 3 is 2.52 bits per heavy atom. The van der Waals surface area contributed by atoms with Gasteiger partial charge in [-0.25, -0.2) is 0 Å². The number of fused-ring (bicyclic) bond motifs is 1. The summed E-state index contributed by atoms with van der Waals surface area (Å²) in [6.07, 6.45) is 2.40. The molecule has 4 rings (SSSR count). The van der Waals surface area contributed by atoms with Gasteiger partial charge in [0.25, 0.3) is 11.8 Å². The average molecular weight is 442 g/mol. The molecule has 3 amide bonds. The van der Waals surface area contributed by atoms with Crippen molar-refractivity contribution < 1.29 is 19.1 Å². The van der Waals surface area contributed by atoms with Crippen molar-refractivity contribution in [3.05, 3.63) is 53.1 Å². The van der Waals surface area contributed by atoms with Crippen LogP contribution in [0.2, 0.25) is 5.02 Å². The number of halogens is 1. The number of piperidine rings is 1. The molecule has 0 radical (unpaired) electrons. The molecule has 1 fully saturated rings. The van der Waals surface area contributed by atoms with Crippen LogP contribution in [0.5, 0.6) is 5.75 Å². The summed E-state index contributed by atoms with van der Waals surface area (Å²) in [4.78, 5) is 41.5. The SMILES string of the molecule is CC1Oc2ccc(NC(=O)c3ccc(Cl)cc3)cc2N(CC(=O)N2CCCCC2)C1=O. The van der Waals surface area contributed by atoms with Crippen LogP contribution in [-0.4, -0.2) is 48.4 Å². The van der Waals surface area contributed by atoms with Gasteiger partial charge in [-0.2, -0.15) is 0 Å². The number of anilines is 2. The molecule has 1 N–H and O–H groups in total. The molecule has 1 unspecified atom stereocenters. The van der Waals surface area contributed by atoms with Gasteiger partial charge >= 0.3 is 0 Å². The van der Waals surface area contributed by atoms with Crippen molar-refractivity contribution in [1.82, 2.24) is 4.90 Å². The number of hydrogen-bond donors (Lipinski definition) is 1. The van der Waals surface area contributed by atoms with Gasteiger partial charge in [0, 0.05) is 29.4 Å². The number of benzene rings is 2. The molecule has 7 nitrogen and oxygen atoms in total. The molecule has 0 spiro atoms. The van der Waals surface area contributed by atoms with Crippen LogP contribution < -0.4 is 15.0 Å². The molecule has 0 bridgehead atoms. The molecule has 2 heterocycles. The van der Waals surface area contributed by atoms with E-state index < -0.39 is 6.10 Å². The molecule has 2 aliphatic rings. The lowest BCUT2D eigenvalue weighted by molar-refractivity contribution is -0.133. The number of carbonyl (C=O) groups excluding carboxylic acids is 3. The lowest BCUT2D eigenvalue weighted by Crippen LogP contribution is -2.50. The maximum atomic E-state index is 12.8. The summed E-state index contributed by atoms with van der Waals surface area (Å²) in [6.45, 7) is 3.06. The molecule has 1 saturated heterocycles. The smallest absolute Gasteiger partial charge is 0.268 e. The number of nitrogens with one attached hydrogen (secondary N) is 1. The maximum Gasteiger partial charge on any atom is 0.268 e. The minimum atomic E-state index is -0.684. The fourth-order valence-electron chi connectivity index (χ4n) is 3.83. The highest BCUT2D eigenvalue weighted by Gasteiger charge is 2.34. The molecule has 2 aromatic carbocycles. The summed E-state index contributed by atoms with van der Waals surface area (Å²) in [5, 5.41) is 3.37. The summed E-state index contributed by atoms with van der Waals surface area (Å²) in [7, 11) is 0. The summed E-state index contributed by atoms with van der Waals surface area (Å²) in [6, 6.07) is 11.6. The highest BCUT2D eigenvalue weighted by Crippen LogP contribution is 2.36. The van der Waals surface area contributed by atoms with Gasteiger partial charge in [-0.1, -0.05) is 11.6 Å². The number of hydrogen-bond acceptors (Lipinski definition) is 4. The number of ether oxygens (including phenoxy) is 1. The van der Waals surface area contributed by atoms with E-state index in [-0.39, 0.29) is 24.3 Å². The van der Waals surface area contributed by atoms with Crippen LogP contribution in [0.25, 0.3) is 0 Å². The standard InChI is InChI=1S/C23H24ClN3O4/c1-15-23(30)27(14-21(28)26-11-3-2-4-12-26)19-13-18(9-10-20(19)31-15)25-22(29)16-5-7-17(24)8-6-16/h5-10,13,15H,2-4,11-12,14H2,1H3,(H,25,29). The molecule has 1 atom stereocenters. The van der Waals surface area contributed by atoms with Crippen molar-refractivity contribution in [2.24, 2.45) is 0 Å². The molecule has 0 aliphatic carbocycles. The Hall–Kier alpha value is -3.06. The molecular formula is C23H24ClN3O4. The van der Waals surface area contributed by atoms with Crippen molar-refractivity contribution in [2.45, 2.75) is 32.3 Å². The van der Waals surface area contributed by atoms with Gasteiger partial charge in [0.15, 0.2) is 6.10 Å². The van der Waals surface area contributed by atoms with Crippen molar-refractivity contribution in [1.29, 1.82) is 0 Å². The first-order valence-corrected chi connectivity index (χ1v) is 10.8. The minimum Gasteiger partial charge on any atom is -0.479 e. The van der Waals surface area contributed by atoms with E-state index in [1.807, 2.05) is 4.90 Å². The monoisotopic (exact) mass is 441 g/mol. The summed E-state index contributed by atoms with van der Waals surface area (Å²) in [5.41, 5.74) is 1.43. The molecular weight excluding hydrogens is 418 g/mol. The van der Waals surface area contributed by atoms with Crippen LogP contribution in [-0.2, 0) is 9.59 Å². The van der Waals surface area contributed by atoms with Crippen LogP contribution in [0.4, 0.5) is 11.4 Å². The van der Waals surface area contributed by atoms with Crippen LogP contribution in [0, 0.1) is 0 Å². The van der Waals surface area contributed by atoms with Crippen LogP contribution in [0.1, 0.15) is 36.5 Å². The fourth-order valence-corrected chi connectivity index (χ4v) is 3.96. The molecule has 2 aliphatic heterocycles. The van der Waals surface area contributed by atoms with E-state index in [9.17, 15) is 14.4 Å². The Bertz CT molecular complexity index is 1000. The lowest BCUT2D eigenvalue weighted by atomic mass is 10.1. The van der Waals surface area contributed by atoms with Gasteiger partial charge in [0.1, 0.15) is 12.3 Å². The van der Waals surface area contributed by atoms with Crippen molar-refractivity contribution in [3.63, 3.8) is 0 Å². The normalized spacial score (nSPS) is 18.3. The Morgan fingerprint density at radius 2 is 1.81 bits per heavy atom. The van der Waals surface area contributed by atoms with Gasteiger partial charge in [-0.05, 0) is 68.7 Å². The largest absolute Gasteiger partial charge is 0.479 e. The van der Waals surface area contributed by atoms with Gasteiger partial charge in [-0.15, -0.1) is 0 Å². The van der Waals surface area contributed by atoms with Crippen LogP contribution >= 0.6 is 11.6 Å². The predicted octanol–water partition coefficient (Wildman–Crippen LogP) is 3.72. The summed E-state index contributed by atoms with van der Waals surface area (Å²) < 4.78 is 5.72. The van der Waals surface area contributed by atoms with E-state index in [4.69, 9.17) is 16.3 Å².